The van der Waals surface area contributed by atoms with Crippen molar-refractivity contribution in [1.29, 1.82) is 0 Å². The molecule has 0 aliphatic carbocycles. The highest BCUT2D eigenvalue weighted by molar-refractivity contribution is 8.18. The maximum Gasteiger partial charge on any atom is 0.264 e. The summed E-state index contributed by atoms with van der Waals surface area (Å²) in [6.45, 7) is 0. The summed E-state index contributed by atoms with van der Waals surface area (Å²) < 4.78 is 0. The number of benzene rings is 1. The summed E-state index contributed by atoms with van der Waals surface area (Å²) in [5.41, 5.74) is 1.89. The van der Waals surface area contributed by atoms with E-state index < -0.39 is 0 Å². The zero-order valence-corrected chi connectivity index (χ0v) is 13.4. The SMILES string of the molecule is O=C1NC(=Nc2nccs2)S/C1=C\c1ccc2ncccc2c1. The fourth-order valence-electron chi connectivity index (χ4n) is 2.17. The van der Waals surface area contributed by atoms with Gasteiger partial charge in [0.15, 0.2) is 5.17 Å². The van der Waals surface area contributed by atoms with E-state index in [1.54, 1.807) is 12.4 Å². The summed E-state index contributed by atoms with van der Waals surface area (Å²) in [4.78, 5) is 25.4. The number of amides is 1. The molecule has 1 saturated heterocycles. The quantitative estimate of drug-likeness (QED) is 0.725. The standard InChI is InChI=1S/C16H10N4OS2/c21-14-13(23-16(19-14)20-15-18-6-7-22-15)9-10-3-4-12-11(8-10)2-1-5-17-12/h1-9H,(H,18,19,20,21)/b13-9-. The Morgan fingerprint density at radius 3 is 3.00 bits per heavy atom. The molecule has 1 aliphatic rings. The third kappa shape index (κ3) is 3.01. The third-order valence-electron chi connectivity index (χ3n) is 3.19. The highest BCUT2D eigenvalue weighted by Crippen LogP contribution is 2.29. The number of fused-ring (bicyclic) bond motifs is 1. The smallest absolute Gasteiger partial charge is 0.264 e. The van der Waals surface area contributed by atoms with Crippen LogP contribution in [0.25, 0.3) is 17.0 Å². The van der Waals surface area contributed by atoms with E-state index in [1.165, 1.54) is 23.1 Å². The number of nitrogens with one attached hydrogen (secondary N) is 1. The van der Waals surface area contributed by atoms with E-state index in [4.69, 9.17) is 0 Å². The molecule has 1 N–H and O–H groups in total. The largest absolute Gasteiger partial charge is 0.300 e. The Kier molecular flexibility index (Phi) is 3.64. The van der Waals surface area contributed by atoms with Crippen LogP contribution in [-0.2, 0) is 4.79 Å². The highest BCUT2D eigenvalue weighted by Gasteiger charge is 2.24. The average molecular weight is 338 g/mol. The lowest BCUT2D eigenvalue weighted by molar-refractivity contribution is -0.115. The van der Waals surface area contributed by atoms with E-state index in [0.717, 1.165) is 16.5 Å². The van der Waals surface area contributed by atoms with Crippen LogP contribution in [0, 0.1) is 0 Å². The fourth-order valence-corrected chi connectivity index (χ4v) is 3.56. The first-order chi connectivity index (χ1) is 11.3. The van der Waals surface area contributed by atoms with Gasteiger partial charge in [-0.1, -0.05) is 12.1 Å². The van der Waals surface area contributed by atoms with Crippen LogP contribution < -0.4 is 5.32 Å². The summed E-state index contributed by atoms with van der Waals surface area (Å²) in [7, 11) is 0. The van der Waals surface area contributed by atoms with Gasteiger partial charge in [-0.05, 0) is 41.6 Å². The van der Waals surface area contributed by atoms with Crippen molar-refractivity contribution in [3.05, 3.63) is 58.6 Å². The average Bonchev–Trinajstić information content (AvgIpc) is 3.18. The zero-order chi connectivity index (χ0) is 15.6. The summed E-state index contributed by atoms with van der Waals surface area (Å²) >= 11 is 2.75. The minimum Gasteiger partial charge on any atom is -0.300 e. The van der Waals surface area contributed by atoms with Crippen LogP contribution in [0.1, 0.15) is 5.56 Å². The van der Waals surface area contributed by atoms with Gasteiger partial charge < -0.3 is 5.32 Å². The van der Waals surface area contributed by atoms with Gasteiger partial charge in [-0.3, -0.25) is 9.78 Å². The van der Waals surface area contributed by atoms with Crippen molar-refractivity contribution in [2.24, 2.45) is 4.99 Å². The van der Waals surface area contributed by atoms with Crippen LogP contribution in [0.2, 0.25) is 0 Å². The van der Waals surface area contributed by atoms with Crippen LogP contribution in [0.3, 0.4) is 0 Å². The number of pyridine rings is 1. The van der Waals surface area contributed by atoms with Gasteiger partial charge in [-0.15, -0.1) is 11.3 Å². The Morgan fingerprint density at radius 1 is 1.17 bits per heavy atom. The van der Waals surface area contributed by atoms with Gasteiger partial charge in [-0.2, -0.15) is 4.99 Å². The first-order valence-electron chi connectivity index (χ1n) is 6.82. The third-order valence-corrected chi connectivity index (χ3v) is 4.77. The number of amidine groups is 1. The Hall–Kier alpha value is -2.51. The van der Waals surface area contributed by atoms with Crippen molar-refractivity contribution in [1.82, 2.24) is 15.3 Å². The maximum atomic E-state index is 12.1. The molecule has 0 spiro atoms. The van der Waals surface area contributed by atoms with Gasteiger partial charge in [0.1, 0.15) is 0 Å². The molecule has 1 fully saturated rings. The molecule has 0 atom stereocenters. The van der Waals surface area contributed by atoms with Crippen LogP contribution in [0.15, 0.2) is 58.0 Å². The summed E-state index contributed by atoms with van der Waals surface area (Å²) in [5, 5.41) is 6.84. The molecule has 5 nitrogen and oxygen atoms in total. The van der Waals surface area contributed by atoms with E-state index >= 15 is 0 Å². The Balaban J connectivity index is 1.63. The topological polar surface area (TPSA) is 67.2 Å². The summed E-state index contributed by atoms with van der Waals surface area (Å²) in [6.07, 6.45) is 5.31. The van der Waals surface area contributed by atoms with Crippen LogP contribution in [-0.4, -0.2) is 21.0 Å². The number of aliphatic imine (C=N–C) groups is 1. The molecular formula is C16H10N4OS2. The zero-order valence-electron chi connectivity index (χ0n) is 11.8. The molecular weight excluding hydrogens is 328 g/mol. The molecule has 0 saturated carbocycles. The summed E-state index contributed by atoms with van der Waals surface area (Å²) in [5.74, 6) is -0.142. The number of thioether (sulfide) groups is 1. The number of nitrogens with zero attached hydrogens (tertiary/aromatic N) is 3. The lowest BCUT2D eigenvalue weighted by Crippen LogP contribution is -2.19. The van der Waals surface area contributed by atoms with Crippen molar-refractivity contribution in [3.63, 3.8) is 0 Å². The van der Waals surface area contributed by atoms with Gasteiger partial charge in [0.05, 0.1) is 10.4 Å². The molecule has 4 rings (SSSR count). The van der Waals surface area contributed by atoms with Crippen molar-refractivity contribution >= 4 is 56.3 Å². The molecule has 112 valence electrons. The number of aromatic nitrogens is 2. The second kappa shape index (κ2) is 5.94. The van der Waals surface area contributed by atoms with Gasteiger partial charge in [0.2, 0.25) is 5.13 Å². The molecule has 3 aromatic rings. The van der Waals surface area contributed by atoms with E-state index in [0.29, 0.717) is 15.2 Å². The van der Waals surface area contributed by atoms with Gasteiger partial charge in [-0.25, -0.2) is 4.98 Å². The molecule has 1 amide bonds. The number of hydrogen-bond donors (Lipinski definition) is 1. The van der Waals surface area contributed by atoms with Crippen LogP contribution in [0.5, 0.6) is 0 Å². The number of carbonyl (C=O) groups is 1. The van der Waals surface area contributed by atoms with Gasteiger partial charge >= 0.3 is 0 Å². The molecule has 0 unspecified atom stereocenters. The van der Waals surface area contributed by atoms with Crippen molar-refractivity contribution < 1.29 is 4.79 Å². The molecule has 1 aromatic carbocycles. The number of rotatable bonds is 2. The lowest BCUT2D eigenvalue weighted by Gasteiger charge is -1.99. The molecule has 1 aliphatic heterocycles. The Morgan fingerprint density at radius 2 is 2.13 bits per heavy atom. The van der Waals surface area contributed by atoms with Crippen molar-refractivity contribution in [2.75, 3.05) is 0 Å². The van der Waals surface area contributed by atoms with E-state index in [-0.39, 0.29) is 5.91 Å². The Bertz CT molecular complexity index is 948. The molecule has 7 heteroatoms. The van der Waals surface area contributed by atoms with Crippen LogP contribution in [0.4, 0.5) is 5.13 Å². The fraction of sp³-hybridized carbons (Fsp3) is 0. The minimum absolute atomic E-state index is 0.142. The molecule has 3 heterocycles. The number of thiazole rings is 1. The molecule has 2 aromatic heterocycles. The van der Waals surface area contributed by atoms with Gasteiger partial charge in [0, 0.05) is 23.2 Å². The summed E-state index contributed by atoms with van der Waals surface area (Å²) in [6, 6.07) is 9.81. The molecule has 0 bridgehead atoms. The van der Waals surface area contributed by atoms with Crippen molar-refractivity contribution in [2.45, 2.75) is 0 Å². The first-order valence-corrected chi connectivity index (χ1v) is 8.51. The molecule has 23 heavy (non-hydrogen) atoms. The lowest BCUT2D eigenvalue weighted by atomic mass is 10.1. The number of carbonyl (C=O) groups excluding carboxylic acids is 1. The minimum atomic E-state index is -0.142. The predicted octanol–water partition coefficient (Wildman–Crippen LogP) is 3.58. The van der Waals surface area contributed by atoms with E-state index in [9.17, 15) is 4.79 Å². The monoisotopic (exact) mass is 338 g/mol. The van der Waals surface area contributed by atoms with Crippen LogP contribution >= 0.6 is 23.1 Å². The molecule has 0 radical (unpaired) electrons. The van der Waals surface area contributed by atoms with Crippen molar-refractivity contribution in [3.8, 4) is 0 Å². The second-order valence-corrected chi connectivity index (χ2v) is 6.66. The predicted molar refractivity (Wildman–Crippen MR) is 94.7 cm³/mol. The maximum absolute atomic E-state index is 12.1. The first kappa shape index (κ1) is 14.1. The normalized spacial score (nSPS) is 18.0. The van der Waals surface area contributed by atoms with Gasteiger partial charge in [0.25, 0.3) is 5.91 Å². The van der Waals surface area contributed by atoms with E-state index in [2.05, 4.69) is 20.3 Å². The second-order valence-electron chi connectivity index (χ2n) is 4.75. The van der Waals surface area contributed by atoms with E-state index in [1.807, 2.05) is 41.8 Å². The number of hydrogen-bond acceptors (Lipinski definition) is 6. The highest BCUT2D eigenvalue weighted by atomic mass is 32.2. The Labute approximate surface area is 140 Å².